The monoisotopic (exact) mass is 433 g/mol. The zero-order valence-corrected chi connectivity index (χ0v) is 18.5. The predicted molar refractivity (Wildman–Crippen MR) is 125 cm³/mol. The van der Waals surface area contributed by atoms with Crippen molar-refractivity contribution < 1.29 is 13.9 Å². The zero-order valence-electron chi connectivity index (χ0n) is 18.5. The fraction of sp³-hybridized carbons (Fsp3) is 0.346. The topological polar surface area (TPSA) is 50.4 Å². The second-order valence-electron chi connectivity index (χ2n) is 8.69. The Morgan fingerprint density at radius 3 is 2.94 bits per heavy atom. The van der Waals surface area contributed by atoms with E-state index in [0.29, 0.717) is 6.61 Å². The molecule has 4 aromatic rings. The largest absolute Gasteiger partial charge is 0.486 e. The highest BCUT2D eigenvalue weighted by Crippen LogP contribution is 2.38. The molecular weight excluding hydrogens is 405 g/mol. The van der Waals surface area contributed by atoms with Gasteiger partial charge in [0.2, 0.25) is 0 Å². The van der Waals surface area contributed by atoms with E-state index in [1.54, 1.807) is 12.1 Å². The van der Waals surface area contributed by atoms with Crippen molar-refractivity contribution in [2.24, 2.45) is 0 Å². The molecule has 0 fully saturated rings. The fourth-order valence-electron chi connectivity index (χ4n) is 4.46. The number of hydrogen-bond acceptors (Lipinski definition) is 4. The van der Waals surface area contributed by atoms with E-state index in [2.05, 4.69) is 28.0 Å². The van der Waals surface area contributed by atoms with Crippen LogP contribution in [0.5, 0.6) is 11.5 Å². The molecule has 3 heterocycles. The maximum Gasteiger partial charge on any atom is 0.171 e. The Kier molecular flexibility index (Phi) is 5.70. The second-order valence-corrected chi connectivity index (χ2v) is 8.69. The number of nitrogens with zero attached hydrogens (tertiary/aromatic N) is 2. The third-order valence-corrected chi connectivity index (χ3v) is 6.11. The van der Waals surface area contributed by atoms with Crippen LogP contribution in [0.15, 0.2) is 48.7 Å². The van der Waals surface area contributed by atoms with E-state index in [-0.39, 0.29) is 11.9 Å². The first-order valence-corrected chi connectivity index (χ1v) is 11.2. The normalized spacial score (nSPS) is 15.7. The van der Waals surface area contributed by atoms with Crippen molar-refractivity contribution in [1.82, 2.24) is 14.9 Å². The van der Waals surface area contributed by atoms with Gasteiger partial charge in [-0.3, -0.25) is 4.98 Å². The van der Waals surface area contributed by atoms with Gasteiger partial charge in [-0.25, -0.2) is 4.39 Å². The Morgan fingerprint density at radius 1 is 1.12 bits per heavy atom. The van der Waals surface area contributed by atoms with Gasteiger partial charge >= 0.3 is 0 Å². The van der Waals surface area contributed by atoms with Crippen LogP contribution in [0.3, 0.4) is 0 Å². The van der Waals surface area contributed by atoms with Crippen molar-refractivity contribution in [2.75, 3.05) is 26.7 Å². The Labute approximate surface area is 187 Å². The molecule has 0 amide bonds. The second kappa shape index (κ2) is 8.79. The van der Waals surface area contributed by atoms with E-state index in [4.69, 9.17) is 9.47 Å². The summed E-state index contributed by atoms with van der Waals surface area (Å²) in [5.41, 5.74) is 4.09. The van der Waals surface area contributed by atoms with Gasteiger partial charge in [-0.15, -0.1) is 0 Å². The van der Waals surface area contributed by atoms with Crippen molar-refractivity contribution in [3.63, 3.8) is 0 Å². The molecule has 2 aromatic carbocycles. The van der Waals surface area contributed by atoms with Crippen LogP contribution in [0.2, 0.25) is 0 Å². The molecule has 0 spiro atoms. The smallest absolute Gasteiger partial charge is 0.171 e. The fourth-order valence-corrected chi connectivity index (χ4v) is 4.46. The highest BCUT2D eigenvalue weighted by Gasteiger charge is 2.24. The van der Waals surface area contributed by atoms with Gasteiger partial charge in [0.05, 0.1) is 5.52 Å². The molecule has 1 aliphatic rings. The number of hydrogen-bond donors (Lipinski definition) is 1. The average molecular weight is 434 g/mol. The van der Waals surface area contributed by atoms with E-state index in [0.717, 1.165) is 71.4 Å². The Bertz CT molecular complexity index is 1250. The summed E-state index contributed by atoms with van der Waals surface area (Å²) in [5.74, 6) is 1.40. The van der Waals surface area contributed by atoms with E-state index in [9.17, 15) is 4.39 Å². The average Bonchev–Trinajstić information content (AvgIpc) is 3.18. The molecule has 0 aliphatic carbocycles. The number of ether oxygens (including phenoxy) is 2. The van der Waals surface area contributed by atoms with Gasteiger partial charge < -0.3 is 19.4 Å². The lowest BCUT2D eigenvalue weighted by molar-refractivity contribution is 0.0668. The standard InChI is InChI=1S/C26H28FN3O2/c1-17-6-8-21-24(29-17)10-11-25-26(21)32-20(16-31-25)15-30(2)12-4-3-5-18-14-28-23-9-7-19(27)13-22(18)23/h6-11,13-14,20,28H,3-5,12,15-16H2,1-2H3. The van der Waals surface area contributed by atoms with Gasteiger partial charge in [-0.2, -0.15) is 0 Å². The Hall–Kier alpha value is -3.12. The van der Waals surface area contributed by atoms with Crippen molar-refractivity contribution in [3.8, 4) is 11.5 Å². The number of unbranched alkanes of at least 4 members (excludes halogenated alkanes) is 1. The van der Waals surface area contributed by atoms with E-state index in [1.165, 1.54) is 11.6 Å². The summed E-state index contributed by atoms with van der Waals surface area (Å²) in [6, 6.07) is 12.9. The molecule has 32 heavy (non-hydrogen) atoms. The number of nitrogens with one attached hydrogen (secondary N) is 1. The first kappa shape index (κ1) is 20.8. The predicted octanol–water partition coefficient (Wildman–Crippen LogP) is 5.26. The van der Waals surface area contributed by atoms with Gasteiger partial charge in [0.25, 0.3) is 0 Å². The molecule has 1 aliphatic heterocycles. The number of aryl methyl sites for hydroxylation is 2. The number of benzene rings is 2. The number of rotatable bonds is 7. The van der Waals surface area contributed by atoms with Crippen LogP contribution in [-0.4, -0.2) is 47.7 Å². The summed E-state index contributed by atoms with van der Waals surface area (Å²) in [6.07, 6.45) is 5.03. The van der Waals surface area contributed by atoms with Crippen LogP contribution in [0, 0.1) is 12.7 Å². The van der Waals surface area contributed by atoms with Crippen LogP contribution in [0.25, 0.3) is 21.8 Å². The molecule has 1 atom stereocenters. The quantitative estimate of drug-likeness (QED) is 0.404. The van der Waals surface area contributed by atoms with Crippen LogP contribution >= 0.6 is 0 Å². The number of pyridine rings is 1. The first-order chi connectivity index (χ1) is 15.6. The highest BCUT2D eigenvalue weighted by atomic mass is 19.1. The highest BCUT2D eigenvalue weighted by molar-refractivity contribution is 5.88. The summed E-state index contributed by atoms with van der Waals surface area (Å²) < 4.78 is 25.9. The number of fused-ring (bicyclic) bond motifs is 4. The van der Waals surface area contributed by atoms with Gasteiger partial charge in [0.1, 0.15) is 18.5 Å². The molecule has 6 heteroatoms. The van der Waals surface area contributed by atoms with Crippen molar-refractivity contribution >= 4 is 21.8 Å². The summed E-state index contributed by atoms with van der Waals surface area (Å²) >= 11 is 0. The molecule has 1 N–H and O–H groups in total. The molecule has 0 radical (unpaired) electrons. The molecule has 5 nitrogen and oxygen atoms in total. The van der Waals surface area contributed by atoms with Crippen LogP contribution < -0.4 is 9.47 Å². The van der Waals surface area contributed by atoms with Gasteiger partial charge in [0, 0.05) is 34.7 Å². The van der Waals surface area contributed by atoms with E-state index >= 15 is 0 Å². The minimum atomic E-state index is -0.187. The molecule has 2 aromatic heterocycles. The molecule has 5 rings (SSSR count). The van der Waals surface area contributed by atoms with Gasteiger partial charge in [-0.1, -0.05) is 0 Å². The van der Waals surface area contributed by atoms with Crippen LogP contribution in [-0.2, 0) is 6.42 Å². The molecular formula is C26H28FN3O2. The van der Waals surface area contributed by atoms with Crippen LogP contribution in [0.4, 0.5) is 4.39 Å². The third kappa shape index (κ3) is 4.28. The number of halogens is 1. The maximum absolute atomic E-state index is 13.6. The van der Waals surface area contributed by atoms with E-state index < -0.39 is 0 Å². The van der Waals surface area contributed by atoms with Gasteiger partial charge in [0.15, 0.2) is 11.5 Å². The first-order valence-electron chi connectivity index (χ1n) is 11.2. The lowest BCUT2D eigenvalue weighted by Crippen LogP contribution is -2.39. The SMILES string of the molecule is Cc1ccc2c3c(ccc2n1)OCC(CN(C)CCCCc1c[nH]c2ccc(F)cc12)O3. The van der Waals surface area contributed by atoms with Crippen LogP contribution in [0.1, 0.15) is 24.1 Å². The van der Waals surface area contributed by atoms with Crippen molar-refractivity contribution in [3.05, 3.63) is 65.7 Å². The van der Waals surface area contributed by atoms with Gasteiger partial charge in [-0.05, 0) is 87.8 Å². The summed E-state index contributed by atoms with van der Waals surface area (Å²) in [6.45, 7) is 4.31. The minimum absolute atomic E-state index is 0.0176. The summed E-state index contributed by atoms with van der Waals surface area (Å²) in [4.78, 5) is 10.1. The number of likely N-dealkylation sites (N-methyl/N-ethyl adjacent to an activating group) is 1. The lowest BCUT2D eigenvalue weighted by atomic mass is 10.1. The van der Waals surface area contributed by atoms with Crippen molar-refractivity contribution in [2.45, 2.75) is 32.3 Å². The lowest BCUT2D eigenvalue weighted by Gasteiger charge is -2.30. The third-order valence-electron chi connectivity index (χ3n) is 6.11. The maximum atomic E-state index is 13.6. The molecule has 0 saturated heterocycles. The molecule has 0 bridgehead atoms. The molecule has 0 saturated carbocycles. The van der Waals surface area contributed by atoms with Crippen molar-refractivity contribution in [1.29, 1.82) is 0 Å². The Balaban J connectivity index is 1.14. The minimum Gasteiger partial charge on any atom is -0.486 e. The van der Waals surface area contributed by atoms with E-state index in [1.807, 2.05) is 31.3 Å². The Morgan fingerprint density at radius 2 is 2.03 bits per heavy atom. The summed E-state index contributed by atoms with van der Waals surface area (Å²) in [7, 11) is 2.12. The number of H-pyrrole nitrogens is 1. The zero-order chi connectivity index (χ0) is 22.1. The molecule has 166 valence electrons. The number of aromatic nitrogens is 2. The molecule has 1 unspecified atom stereocenters. The summed E-state index contributed by atoms with van der Waals surface area (Å²) in [5, 5.41) is 1.98. The number of aromatic amines is 1.